The fraction of sp³-hybridized carbons (Fsp3) is 0.368. The summed E-state index contributed by atoms with van der Waals surface area (Å²) in [6.45, 7) is 4.51. The van der Waals surface area contributed by atoms with Gasteiger partial charge in [-0.3, -0.25) is 0 Å². The zero-order chi connectivity index (χ0) is 16.9. The molecule has 2 heterocycles. The van der Waals surface area contributed by atoms with E-state index in [4.69, 9.17) is 14.2 Å². The lowest BCUT2D eigenvalue weighted by Crippen LogP contribution is -2.17. The summed E-state index contributed by atoms with van der Waals surface area (Å²) in [7, 11) is 0. The lowest BCUT2D eigenvalue weighted by Gasteiger charge is -2.17. The monoisotopic (exact) mass is 327 g/mol. The summed E-state index contributed by atoms with van der Waals surface area (Å²) in [6, 6.07) is 10.0. The van der Waals surface area contributed by atoms with Crippen molar-refractivity contribution in [3.05, 3.63) is 53.2 Å². The Labute approximate surface area is 141 Å². The minimum absolute atomic E-state index is 0.225. The standard InChI is InChI=1S/C19H21NO4/c1-13(2)24-19(21)17-16-6-9-20-18(17)23-11-8-15-5-3-4-14(12-15)7-10-22-16/h3-6,9,12-13H,7-8,10-11H2,1-2H3. The Bertz CT molecular complexity index is 684. The minimum Gasteiger partial charge on any atom is -0.492 e. The second-order valence-corrected chi connectivity index (χ2v) is 5.96. The average molecular weight is 327 g/mol. The molecule has 0 saturated heterocycles. The highest BCUT2D eigenvalue weighted by Gasteiger charge is 2.23. The number of pyridine rings is 1. The number of esters is 1. The van der Waals surface area contributed by atoms with Gasteiger partial charge in [0.25, 0.3) is 0 Å². The van der Waals surface area contributed by atoms with E-state index in [9.17, 15) is 4.79 Å². The normalized spacial score (nSPS) is 14.0. The first-order valence-electron chi connectivity index (χ1n) is 8.17. The van der Waals surface area contributed by atoms with Crippen molar-refractivity contribution in [3.63, 3.8) is 0 Å². The van der Waals surface area contributed by atoms with Crippen molar-refractivity contribution in [2.24, 2.45) is 0 Å². The van der Waals surface area contributed by atoms with Crippen LogP contribution in [0.15, 0.2) is 36.5 Å². The second-order valence-electron chi connectivity index (χ2n) is 5.96. The minimum atomic E-state index is -0.473. The summed E-state index contributed by atoms with van der Waals surface area (Å²) in [5.41, 5.74) is 2.65. The predicted octanol–water partition coefficient (Wildman–Crippen LogP) is 3.20. The molecule has 1 aliphatic heterocycles. The topological polar surface area (TPSA) is 57.7 Å². The van der Waals surface area contributed by atoms with E-state index in [0.717, 1.165) is 12.8 Å². The van der Waals surface area contributed by atoms with Crippen LogP contribution in [0.4, 0.5) is 0 Å². The zero-order valence-electron chi connectivity index (χ0n) is 14.0. The van der Waals surface area contributed by atoms with Gasteiger partial charge in [-0.2, -0.15) is 0 Å². The molecular formula is C19H21NO4. The molecule has 0 atom stereocenters. The molecule has 4 bridgehead atoms. The van der Waals surface area contributed by atoms with E-state index in [1.807, 2.05) is 6.07 Å². The van der Waals surface area contributed by atoms with Crippen molar-refractivity contribution in [2.45, 2.75) is 32.8 Å². The molecular weight excluding hydrogens is 306 g/mol. The van der Waals surface area contributed by atoms with E-state index in [2.05, 4.69) is 23.2 Å². The third-order valence-corrected chi connectivity index (χ3v) is 3.69. The van der Waals surface area contributed by atoms with Gasteiger partial charge in [-0.1, -0.05) is 24.3 Å². The van der Waals surface area contributed by atoms with Gasteiger partial charge in [0.2, 0.25) is 5.88 Å². The highest BCUT2D eigenvalue weighted by molar-refractivity contribution is 5.95. The van der Waals surface area contributed by atoms with E-state index in [0.29, 0.717) is 19.0 Å². The number of hydrogen-bond donors (Lipinski definition) is 0. The molecule has 0 radical (unpaired) electrons. The Morgan fingerprint density at radius 1 is 1.12 bits per heavy atom. The van der Waals surface area contributed by atoms with Gasteiger partial charge in [0.1, 0.15) is 5.75 Å². The number of rotatable bonds is 2. The largest absolute Gasteiger partial charge is 0.492 e. The van der Waals surface area contributed by atoms with E-state index < -0.39 is 5.97 Å². The van der Waals surface area contributed by atoms with Gasteiger partial charge in [0.15, 0.2) is 5.56 Å². The van der Waals surface area contributed by atoms with Crippen LogP contribution in [0.5, 0.6) is 11.6 Å². The molecule has 24 heavy (non-hydrogen) atoms. The molecule has 0 unspecified atom stereocenters. The average Bonchev–Trinajstić information content (AvgIpc) is 2.54. The summed E-state index contributed by atoms with van der Waals surface area (Å²) < 4.78 is 16.9. The quantitative estimate of drug-likeness (QED) is 0.793. The van der Waals surface area contributed by atoms with E-state index in [1.54, 1.807) is 26.1 Å². The van der Waals surface area contributed by atoms with Gasteiger partial charge in [0.05, 0.1) is 19.3 Å². The van der Waals surface area contributed by atoms with Crippen molar-refractivity contribution >= 4 is 5.97 Å². The van der Waals surface area contributed by atoms with E-state index in [1.165, 1.54) is 11.1 Å². The summed E-state index contributed by atoms with van der Waals surface area (Å²) in [5, 5.41) is 0. The summed E-state index contributed by atoms with van der Waals surface area (Å²) in [5.74, 6) is 0.232. The molecule has 0 N–H and O–H groups in total. The molecule has 126 valence electrons. The summed E-state index contributed by atoms with van der Waals surface area (Å²) in [4.78, 5) is 16.6. The molecule has 0 spiro atoms. The number of carbonyl (C=O) groups is 1. The van der Waals surface area contributed by atoms with Crippen LogP contribution in [0, 0.1) is 0 Å². The highest BCUT2D eigenvalue weighted by Crippen LogP contribution is 2.28. The first-order valence-corrected chi connectivity index (χ1v) is 8.17. The fourth-order valence-electron chi connectivity index (χ4n) is 2.60. The van der Waals surface area contributed by atoms with Crippen LogP contribution < -0.4 is 9.47 Å². The Hall–Kier alpha value is -2.56. The van der Waals surface area contributed by atoms with Crippen LogP contribution >= 0.6 is 0 Å². The predicted molar refractivity (Wildman–Crippen MR) is 89.6 cm³/mol. The Kier molecular flexibility index (Phi) is 4.99. The molecule has 1 aromatic heterocycles. The molecule has 1 aromatic carbocycles. The third kappa shape index (κ3) is 3.85. The van der Waals surface area contributed by atoms with Crippen LogP contribution in [0.1, 0.15) is 35.3 Å². The first-order chi connectivity index (χ1) is 11.6. The molecule has 5 nitrogen and oxygen atoms in total. The molecule has 0 fully saturated rings. The van der Waals surface area contributed by atoms with Gasteiger partial charge >= 0.3 is 5.97 Å². The van der Waals surface area contributed by atoms with Gasteiger partial charge in [-0.25, -0.2) is 9.78 Å². The molecule has 5 heteroatoms. The number of benzene rings is 1. The van der Waals surface area contributed by atoms with Crippen molar-refractivity contribution in [1.29, 1.82) is 0 Å². The Morgan fingerprint density at radius 2 is 1.83 bits per heavy atom. The smallest absolute Gasteiger partial charge is 0.347 e. The number of aromatic nitrogens is 1. The number of fused-ring (bicyclic) bond motifs is 4. The Morgan fingerprint density at radius 3 is 2.54 bits per heavy atom. The molecule has 0 aliphatic carbocycles. The molecule has 0 amide bonds. The van der Waals surface area contributed by atoms with Crippen molar-refractivity contribution in [2.75, 3.05) is 13.2 Å². The lowest BCUT2D eigenvalue weighted by atomic mass is 10.1. The van der Waals surface area contributed by atoms with Crippen LogP contribution in [-0.4, -0.2) is 30.3 Å². The number of nitrogens with zero attached hydrogens (tertiary/aromatic N) is 1. The van der Waals surface area contributed by atoms with Crippen LogP contribution in [0.25, 0.3) is 0 Å². The van der Waals surface area contributed by atoms with E-state index in [-0.39, 0.29) is 17.5 Å². The molecule has 0 saturated carbocycles. The highest BCUT2D eigenvalue weighted by atomic mass is 16.5. The SMILES string of the molecule is CC(C)OC(=O)c1c2ccnc1OCCc1cccc(c1)CCO2. The molecule has 3 rings (SSSR count). The van der Waals surface area contributed by atoms with Gasteiger partial charge in [-0.15, -0.1) is 0 Å². The first kappa shape index (κ1) is 16.3. The van der Waals surface area contributed by atoms with Crippen molar-refractivity contribution in [1.82, 2.24) is 4.98 Å². The van der Waals surface area contributed by atoms with Crippen molar-refractivity contribution < 1.29 is 19.0 Å². The second kappa shape index (κ2) is 7.34. The maximum atomic E-state index is 12.4. The maximum Gasteiger partial charge on any atom is 0.347 e. The molecule has 2 aromatic rings. The van der Waals surface area contributed by atoms with Crippen LogP contribution in [-0.2, 0) is 17.6 Å². The maximum absolute atomic E-state index is 12.4. The van der Waals surface area contributed by atoms with Gasteiger partial charge in [0, 0.05) is 19.0 Å². The lowest BCUT2D eigenvalue weighted by molar-refractivity contribution is 0.0367. The molecule has 1 aliphatic rings. The Balaban J connectivity index is 1.91. The van der Waals surface area contributed by atoms with Gasteiger partial charge in [-0.05, 0) is 31.0 Å². The zero-order valence-corrected chi connectivity index (χ0v) is 14.0. The van der Waals surface area contributed by atoms with Gasteiger partial charge < -0.3 is 14.2 Å². The third-order valence-electron chi connectivity index (χ3n) is 3.69. The number of ether oxygens (including phenoxy) is 3. The fourth-order valence-corrected chi connectivity index (χ4v) is 2.60. The van der Waals surface area contributed by atoms with E-state index >= 15 is 0 Å². The van der Waals surface area contributed by atoms with Crippen LogP contribution in [0.2, 0.25) is 0 Å². The summed E-state index contributed by atoms with van der Waals surface area (Å²) >= 11 is 0. The summed E-state index contributed by atoms with van der Waals surface area (Å²) in [6.07, 6.45) is 2.88. The van der Waals surface area contributed by atoms with Crippen LogP contribution in [0.3, 0.4) is 0 Å². The van der Waals surface area contributed by atoms with Crippen molar-refractivity contribution in [3.8, 4) is 11.6 Å². The number of hydrogen-bond acceptors (Lipinski definition) is 5. The number of carbonyl (C=O) groups excluding carboxylic acids is 1.